The highest BCUT2D eigenvalue weighted by Crippen LogP contribution is 2.31. The summed E-state index contributed by atoms with van der Waals surface area (Å²) in [5, 5.41) is 0. The zero-order valence-electron chi connectivity index (χ0n) is 9.85. The Morgan fingerprint density at radius 1 is 1.24 bits per heavy atom. The van der Waals surface area contributed by atoms with Crippen LogP contribution in [0.2, 0.25) is 0 Å². The van der Waals surface area contributed by atoms with Gasteiger partial charge < -0.3 is 4.90 Å². The second kappa shape index (κ2) is 5.21. The molecule has 1 aromatic rings. The summed E-state index contributed by atoms with van der Waals surface area (Å²) >= 11 is 5.58. The van der Waals surface area contributed by atoms with Crippen LogP contribution in [0.3, 0.4) is 0 Å². The topological polar surface area (TPSA) is 3.24 Å². The smallest absolute Gasteiger partial charge is 0.149 e. The minimum Gasteiger partial charge on any atom is -0.367 e. The van der Waals surface area contributed by atoms with Crippen molar-refractivity contribution in [1.82, 2.24) is 0 Å². The molecule has 0 amide bonds. The Balaban J connectivity index is 2.30. The van der Waals surface area contributed by atoms with Crippen molar-refractivity contribution >= 4 is 17.3 Å². The number of anilines is 1. The predicted octanol–water partition coefficient (Wildman–Crippen LogP) is 4.08. The van der Waals surface area contributed by atoms with E-state index in [-0.39, 0.29) is 17.6 Å². The first kappa shape index (κ1) is 12.6. The molecule has 0 aliphatic heterocycles. The largest absolute Gasteiger partial charge is 0.367 e. The molecule has 0 atom stereocenters. The van der Waals surface area contributed by atoms with Crippen LogP contribution in [-0.4, -0.2) is 13.1 Å². The van der Waals surface area contributed by atoms with Crippen LogP contribution in [0.4, 0.5) is 14.5 Å². The summed E-state index contributed by atoms with van der Waals surface area (Å²) in [5.74, 6) is -0.911. The fourth-order valence-corrected chi connectivity index (χ4v) is 2.66. The van der Waals surface area contributed by atoms with E-state index >= 15 is 0 Å². The number of benzene rings is 1. The molecule has 1 saturated carbocycles. The number of alkyl halides is 1. The summed E-state index contributed by atoms with van der Waals surface area (Å²) in [6, 6.07) is 2.88. The van der Waals surface area contributed by atoms with Crippen molar-refractivity contribution in [3.63, 3.8) is 0 Å². The summed E-state index contributed by atoms with van der Waals surface area (Å²) in [5.41, 5.74) is 0.552. The molecule has 0 radical (unpaired) electrons. The second-order valence-electron chi connectivity index (χ2n) is 4.59. The second-order valence-corrected chi connectivity index (χ2v) is 4.86. The Morgan fingerprint density at radius 3 is 2.24 bits per heavy atom. The van der Waals surface area contributed by atoms with Gasteiger partial charge in [0.05, 0.1) is 0 Å². The van der Waals surface area contributed by atoms with E-state index in [9.17, 15) is 8.78 Å². The number of rotatable bonds is 3. The van der Waals surface area contributed by atoms with Crippen LogP contribution in [-0.2, 0) is 5.88 Å². The van der Waals surface area contributed by atoms with E-state index in [0.29, 0.717) is 5.56 Å². The van der Waals surface area contributed by atoms with Crippen LogP contribution >= 0.6 is 11.6 Å². The number of nitrogens with zero attached hydrogens (tertiary/aromatic N) is 1. The highest BCUT2D eigenvalue weighted by molar-refractivity contribution is 6.17. The third kappa shape index (κ3) is 2.54. The van der Waals surface area contributed by atoms with Gasteiger partial charge in [-0.25, -0.2) is 8.78 Å². The molecule has 1 aliphatic carbocycles. The summed E-state index contributed by atoms with van der Waals surface area (Å²) in [6.07, 6.45) is 4.29. The monoisotopic (exact) mass is 259 g/mol. The molecule has 4 heteroatoms. The molecule has 1 aliphatic rings. The molecule has 0 heterocycles. The molecule has 2 rings (SSSR count). The Kier molecular flexibility index (Phi) is 3.87. The molecule has 1 aromatic carbocycles. The van der Waals surface area contributed by atoms with Crippen molar-refractivity contribution in [2.45, 2.75) is 37.6 Å². The zero-order valence-corrected chi connectivity index (χ0v) is 10.6. The highest BCUT2D eigenvalue weighted by Gasteiger charge is 2.24. The van der Waals surface area contributed by atoms with Crippen LogP contribution < -0.4 is 4.90 Å². The SMILES string of the molecule is CN(c1c(F)cc(CCl)cc1F)C1CCCC1. The van der Waals surface area contributed by atoms with Crippen molar-refractivity contribution < 1.29 is 8.78 Å². The van der Waals surface area contributed by atoms with Crippen LogP contribution in [0.25, 0.3) is 0 Å². The van der Waals surface area contributed by atoms with Crippen molar-refractivity contribution in [3.8, 4) is 0 Å². The first-order chi connectivity index (χ1) is 8.13. The molecule has 94 valence electrons. The first-order valence-electron chi connectivity index (χ1n) is 5.90. The average molecular weight is 260 g/mol. The number of hydrogen-bond donors (Lipinski definition) is 0. The normalized spacial score (nSPS) is 16.5. The molecule has 1 nitrogen and oxygen atoms in total. The quantitative estimate of drug-likeness (QED) is 0.740. The van der Waals surface area contributed by atoms with E-state index in [0.717, 1.165) is 25.7 Å². The standard InChI is InChI=1S/C13H16ClF2N/c1-17(10-4-2-3-5-10)13-11(15)6-9(8-14)7-12(13)16/h6-7,10H,2-5,8H2,1H3. The van der Waals surface area contributed by atoms with Gasteiger partial charge in [0.1, 0.15) is 17.3 Å². The minimum atomic E-state index is -0.518. The molecule has 0 saturated heterocycles. The van der Waals surface area contributed by atoms with E-state index in [2.05, 4.69) is 0 Å². The Morgan fingerprint density at radius 2 is 1.76 bits per heavy atom. The molecule has 0 unspecified atom stereocenters. The molecule has 0 spiro atoms. The summed E-state index contributed by atoms with van der Waals surface area (Å²) < 4.78 is 27.7. The van der Waals surface area contributed by atoms with Gasteiger partial charge >= 0.3 is 0 Å². The maximum absolute atomic E-state index is 13.9. The van der Waals surface area contributed by atoms with Crippen molar-refractivity contribution in [1.29, 1.82) is 0 Å². The van der Waals surface area contributed by atoms with E-state index < -0.39 is 11.6 Å². The lowest BCUT2D eigenvalue weighted by atomic mass is 10.1. The van der Waals surface area contributed by atoms with E-state index in [1.807, 2.05) is 0 Å². The van der Waals surface area contributed by atoms with Crippen molar-refractivity contribution in [2.24, 2.45) is 0 Å². The third-order valence-electron chi connectivity index (χ3n) is 3.46. The molecule has 0 aromatic heterocycles. The van der Waals surface area contributed by atoms with Gasteiger partial charge in [0.2, 0.25) is 0 Å². The number of halogens is 3. The van der Waals surface area contributed by atoms with Crippen LogP contribution in [0.5, 0.6) is 0 Å². The summed E-state index contributed by atoms with van der Waals surface area (Å²) in [4.78, 5) is 1.73. The van der Waals surface area contributed by atoms with Gasteiger partial charge in [0.25, 0.3) is 0 Å². The van der Waals surface area contributed by atoms with Gasteiger partial charge in [-0.1, -0.05) is 12.8 Å². The minimum absolute atomic E-state index is 0.0748. The fraction of sp³-hybridized carbons (Fsp3) is 0.538. The molecular formula is C13H16ClF2N. The first-order valence-corrected chi connectivity index (χ1v) is 6.43. The molecule has 0 bridgehead atoms. The lowest BCUT2D eigenvalue weighted by Crippen LogP contribution is -2.30. The Hall–Kier alpha value is -0.830. The highest BCUT2D eigenvalue weighted by atomic mass is 35.5. The maximum Gasteiger partial charge on any atom is 0.149 e. The van der Waals surface area contributed by atoms with Gasteiger partial charge in [-0.2, -0.15) is 0 Å². The zero-order chi connectivity index (χ0) is 12.4. The van der Waals surface area contributed by atoms with E-state index in [1.54, 1.807) is 11.9 Å². The predicted molar refractivity (Wildman–Crippen MR) is 66.6 cm³/mol. The Labute approximate surface area is 105 Å². The summed E-state index contributed by atoms with van der Waals surface area (Å²) in [6.45, 7) is 0. The van der Waals surface area contributed by atoms with Gasteiger partial charge in [-0.15, -0.1) is 11.6 Å². The van der Waals surface area contributed by atoms with Crippen molar-refractivity contribution in [3.05, 3.63) is 29.3 Å². The average Bonchev–Trinajstić information content (AvgIpc) is 2.81. The lowest BCUT2D eigenvalue weighted by molar-refractivity contribution is 0.552. The molecule has 17 heavy (non-hydrogen) atoms. The molecule has 0 N–H and O–H groups in total. The molecule has 1 fully saturated rings. The van der Waals surface area contributed by atoms with E-state index in [1.165, 1.54) is 12.1 Å². The summed E-state index contributed by atoms with van der Waals surface area (Å²) in [7, 11) is 1.76. The van der Waals surface area contributed by atoms with Gasteiger partial charge in [-0.3, -0.25) is 0 Å². The van der Waals surface area contributed by atoms with Crippen molar-refractivity contribution in [2.75, 3.05) is 11.9 Å². The van der Waals surface area contributed by atoms with Gasteiger partial charge in [0, 0.05) is 19.0 Å². The van der Waals surface area contributed by atoms with Crippen LogP contribution in [0, 0.1) is 11.6 Å². The third-order valence-corrected chi connectivity index (χ3v) is 3.76. The van der Waals surface area contributed by atoms with Gasteiger partial charge in [0.15, 0.2) is 0 Å². The Bertz CT molecular complexity index is 379. The van der Waals surface area contributed by atoms with Crippen LogP contribution in [0.1, 0.15) is 31.2 Å². The lowest BCUT2D eigenvalue weighted by Gasteiger charge is -2.27. The van der Waals surface area contributed by atoms with Crippen LogP contribution in [0.15, 0.2) is 12.1 Å². The molecular weight excluding hydrogens is 244 g/mol. The van der Waals surface area contributed by atoms with E-state index in [4.69, 9.17) is 11.6 Å². The van der Waals surface area contributed by atoms with Gasteiger partial charge in [-0.05, 0) is 30.5 Å². The maximum atomic E-state index is 13.9. The fourth-order valence-electron chi connectivity index (χ4n) is 2.51. The number of hydrogen-bond acceptors (Lipinski definition) is 1.